The average molecular weight is 129 g/mol. The molecular formula is C6H3F2O. The number of rotatable bonds is 0. The van der Waals surface area contributed by atoms with E-state index < -0.39 is 17.4 Å². The van der Waals surface area contributed by atoms with Crippen molar-refractivity contribution in [2.24, 2.45) is 0 Å². The van der Waals surface area contributed by atoms with Gasteiger partial charge in [-0.15, -0.1) is 0 Å². The molecule has 0 aliphatic carbocycles. The zero-order valence-corrected chi connectivity index (χ0v) is 4.36. The van der Waals surface area contributed by atoms with Gasteiger partial charge in [0.25, 0.3) is 0 Å². The van der Waals surface area contributed by atoms with E-state index in [1.165, 1.54) is 0 Å². The van der Waals surface area contributed by atoms with Gasteiger partial charge in [0.15, 0.2) is 11.6 Å². The second-order valence-electron chi connectivity index (χ2n) is 1.49. The fraction of sp³-hybridized carbons (Fsp3) is 0. The number of phenols is 1. The molecule has 47 valence electrons. The van der Waals surface area contributed by atoms with Crippen LogP contribution < -0.4 is 0 Å². The third-order valence-corrected chi connectivity index (χ3v) is 0.869. The van der Waals surface area contributed by atoms with Crippen molar-refractivity contribution in [3.63, 3.8) is 0 Å². The van der Waals surface area contributed by atoms with Crippen LogP contribution in [0.15, 0.2) is 12.1 Å². The predicted octanol–water partition coefficient (Wildman–Crippen LogP) is 1.47. The third-order valence-electron chi connectivity index (χ3n) is 0.869. The van der Waals surface area contributed by atoms with Gasteiger partial charge in [-0.3, -0.25) is 0 Å². The van der Waals surface area contributed by atoms with Gasteiger partial charge in [-0.1, -0.05) is 0 Å². The summed E-state index contributed by atoms with van der Waals surface area (Å²) in [5.41, 5.74) is 0. The van der Waals surface area contributed by atoms with Crippen molar-refractivity contribution >= 4 is 0 Å². The van der Waals surface area contributed by atoms with Crippen LogP contribution in [0.2, 0.25) is 0 Å². The Morgan fingerprint density at radius 1 is 1.44 bits per heavy atom. The SMILES string of the molecule is Oc1cc[c]c(F)c1F. The van der Waals surface area contributed by atoms with Crippen LogP contribution in [0, 0.1) is 17.7 Å². The highest BCUT2D eigenvalue weighted by Gasteiger charge is 2.04. The van der Waals surface area contributed by atoms with E-state index >= 15 is 0 Å². The molecule has 1 nitrogen and oxygen atoms in total. The Kier molecular flexibility index (Phi) is 1.34. The molecule has 1 aromatic carbocycles. The lowest BCUT2D eigenvalue weighted by molar-refractivity contribution is 0.406. The standard InChI is InChI=1S/C6H3F2O/c7-4-2-1-3-5(9)6(4)8/h1,3,9H. The first-order chi connectivity index (χ1) is 4.22. The lowest BCUT2D eigenvalue weighted by atomic mass is 10.3. The summed E-state index contributed by atoms with van der Waals surface area (Å²) in [7, 11) is 0. The van der Waals surface area contributed by atoms with Gasteiger partial charge in [0.2, 0.25) is 5.82 Å². The molecule has 1 N–H and O–H groups in total. The first-order valence-corrected chi connectivity index (χ1v) is 2.26. The second kappa shape index (κ2) is 2.01. The van der Waals surface area contributed by atoms with Gasteiger partial charge in [-0.25, -0.2) is 4.39 Å². The Bertz CT molecular complexity index is 202. The van der Waals surface area contributed by atoms with E-state index in [1.807, 2.05) is 6.07 Å². The molecule has 3 heteroatoms. The number of benzene rings is 1. The van der Waals surface area contributed by atoms with E-state index in [2.05, 4.69) is 0 Å². The van der Waals surface area contributed by atoms with E-state index in [1.54, 1.807) is 0 Å². The number of halogens is 2. The molecule has 0 aliphatic heterocycles. The van der Waals surface area contributed by atoms with E-state index in [9.17, 15) is 8.78 Å². The highest BCUT2D eigenvalue weighted by atomic mass is 19.2. The van der Waals surface area contributed by atoms with Crippen molar-refractivity contribution in [1.82, 2.24) is 0 Å². The molecule has 0 spiro atoms. The van der Waals surface area contributed by atoms with Crippen LogP contribution in [0.4, 0.5) is 8.78 Å². The number of hydrogen-bond acceptors (Lipinski definition) is 1. The van der Waals surface area contributed by atoms with Crippen LogP contribution in [-0.4, -0.2) is 5.11 Å². The highest BCUT2D eigenvalue weighted by molar-refractivity contribution is 5.22. The van der Waals surface area contributed by atoms with Crippen LogP contribution in [0.3, 0.4) is 0 Å². The summed E-state index contributed by atoms with van der Waals surface area (Å²) in [6.45, 7) is 0. The molecule has 0 saturated carbocycles. The zero-order valence-electron chi connectivity index (χ0n) is 4.36. The third kappa shape index (κ3) is 0.988. The molecule has 0 amide bonds. The van der Waals surface area contributed by atoms with Gasteiger partial charge in [-0.05, 0) is 12.1 Å². The Hall–Kier alpha value is -1.12. The molecule has 0 saturated heterocycles. The summed E-state index contributed by atoms with van der Waals surface area (Å²) in [4.78, 5) is 0. The minimum Gasteiger partial charge on any atom is -0.505 e. The first kappa shape index (κ1) is 6.01. The van der Waals surface area contributed by atoms with E-state index in [0.717, 1.165) is 12.1 Å². The van der Waals surface area contributed by atoms with E-state index in [0.29, 0.717) is 0 Å². The summed E-state index contributed by atoms with van der Waals surface area (Å²) in [5.74, 6) is -3.10. The Morgan fingerprint density at radius 2 is 2.11 bits per heavy atom. The fourth-order valence-corrected chi connectivity index (χ4v) is 0.443. The van der Waals surface area contributed by atoms with Crippen molar-refractivity contribution in [1.29, 1.82) is 0 Å². The number of phenolic OH excluding ortho intramolecular Hbond substituents is 1. The Labute approximate surface area is 50.6 Å². The van der Waals surface area contributed by atoms with E-state index in [4.69, 9.17) is 5.11 Å². The largest absolute Gasteiger partial charge is 0.505 e. The number of aromatic hydroxyl groups is 1. The van der Waals surface area contributed by atoms with Crippen molar-refractivity contribution < 1.29 is 13.9 Å². The maximum Gasteiger partial charge on any atom is 0.200 e. The molecule has 9 heavy (non-hydrogen) atoms. The topological polar surface area (TPSA) is 20.2 Å². The predicted molar refractivity (Wildman–Crippen MR) is 26.9 cm³/mol. The summed E-state index contributed by atoms with van der Waals surface area (Å²) in [6, 6.07) is 4.07. The average Bonchev–Trinajstić information content (AvgIpc) is 1.83. The molecule has 1 aromatic rings. The summed E-state index contributed by atoms with van der Waals surface area (Å²) in [5, 5.41) is 8.47. The zero-order chi connectivity index (χ0) is 6.85. The molecule has 0 aromatic heterocycles. The summed E-state index contributed by atoms with van der Waals surface area (Å²) >= 11 is 0. The van der Waals surface area contributed by atoms with Gasteiger partial charge < -0.3 is 5.11 Å². The molecular weight excluding hydrogens is 126 g/mol. The normalized spacial score (nSPS) is 9.56. The maximum atomic E-state index is 12.1. The van der Waals surface area contributed by atoms with Crippen LogP contribution >= 0.6 is 0 Å². The molecule has 1 rings (SSSR count). The van der Waals surface area contributed by atoms with Gasteiger partial charge in [0.1, 0.15) is 0 Å². The lowest BCUT2D eigenvalue weighted by Crippen LogP contribution is -1.81. The van der Waals surface area contributed by atoms with Crippen molar-refractivity contribution in [3.8, 4) is 5.75 Å². The molecule has 0 heterocycles. The first-order valence-electron chi connectivity index (χ1n) is 2.26. The van der Waals surface area contributed by atoms with Crippen LogP contribution in [0.25, 0.3) is 0 Å². The smallest absolute Gasteiger partial charge is 0.200 e. The molecule has 0 bridgehead atoms. The molecule has 0 fully saturated rings. The van der Waals surface area contributed by atoms with Crippen LogP contribution in [-0.2, 0) is 0 Å². The molecule has 0 unspecified atom stereocenters. The Morgan fingerprint density at radius 3 is 2.56 bits per heavy atom. The second-order valence-corrected chi connectivity index (χ2v) is 1.49. The highest BCUT2D eigenvalue weighted by Crippen LogP contribution is 2.15. The summed E-state index contributed by atoms with van der Waals surface area (Å²) in [6.07, 6.45) is 0. The van der Waals surface area contributed by atoms with Crippen LogP contribution in [0.1, 0.15) is 0 Å². The lowest BCUT2D eigenvalue weighted by Gasteiger charge is -1.91. The van der Waals surface area contributed by atoms with Gasteiger partial charge in [-0.2, -0.15) is 4.39 Å². The maximum absolute atomic E-state index is 12.1. The van der Waals surface area contributed by atoms with Gasteiger partial charge in [0, 0.05) is 6.07 Å². The summed E-state index contributed by atoms with van der Waals surface area (Å²) < 4.78 is 24.1. The fourth-order valence-electron chi connectivity index (χ4n) is 0.443. The van der Waals surface area contributed by atoms with Gasteiger partial charge >= 0.3 is 0 Å². The minimum absolute atomic E-state index is 0.689. The van der Waals surface area contributed by atoms with Gasteiger partial charge in [0.05, 0.1) is 0 Å². The molecule has 0 aliphatic rings. The van der Waals surface area contributed by atoms with Crippen LogP contribution in [0.5, 0.6) is 5.75 Å². The number of hydrogen-bond donors (Lipinski definition) is 1. The van der Waals surface area contributed by atoms with E-state index in [-0.39, 0.29) is 0 Å². The molecule has 1 radical (unpaired) electrons. The quantitative estimate of drug-likeness (QED) is 0.562. The monoisotopic (exact) mass is 129 g/mol. The van der Waals surface area contributed by atoms with Crippen molar-refractivity contribution in [3.05, 3.63) is 29.8 Å². The van der Waals surface area contributed by atoms with Crippen molar-refractivity contribution in [2.45, 2.75) is 0 Å². The Balaban J connectivity index is 3.25. The minimum atomic E-state index is -1.25. The van der Waals surface area contributed by atoms with Crippen molar-refractivity contribution in [2.75, 3.05) is 0 Å². The molecule has 0 atom stereocenters.